The predicted molar refractivity (Wildman–Crippen MR) is 63.6 cm³/mol. The van der Waals surface area contributed by atoms with Crippen LogP contribution in [0.25, 0.3) is 0 Å². The van der Waals surface area contributed by atoms with E-state index in [0.29, 0.717) is 21.3 Å². The van der Waals surface area contributed by atoms with Crippen LogP contribution in [0.15, 0.2) is 46.3 Å². The summed E-state index contributed by atoms with van der Waals surface area (Å²) in [7, 11) is -1.39. The number of carbonyl (C=O) groups excluding carboxylic acids is 1. The lowest BCUT2D eigenvalue weighted by Gasteiger charge is -2.03. The minimum absolute atomic E-state index is 0.476. The Kier molecular flexibility index (Phi) is 3.31. The molecule has 0 aliphatic rings. The summed E-state index contributed by atoms with van der Waals surface area (Å²) in [5.41, 5.74) is 0.476. The van der Waals surface area contributed by atoms with Crippen LogP contribution < -0.4 is 0 Å². The maximum absolute atomic E-state index is 12.1. The fourth-order valence-corrected chi connectivity index (χ4v) is 2.95. The molecule has 82 valence electrons. The first-order valence-electron chi connectivity index (χ1n) is 4.37. The largest absolute Gasteiger partial charge is 0.298 e. The van der Waals surface area contributed by atoms with E-state index in [4.69, 9.17) is 0 Å². The van der Waals surface area contributed by atoms with Crippen molar-refractivity contribution in [1.29, 1.82) is 0 Å². The van der Waals surface area contributed by atoms with E-state index in [1.807, 2.05) is 0 Å². The molecule has 2 heterocycles. The Bertz CT molecular complexity index is 539. The Morgan fingerprint density at radius 2 is 2.31 bits per heavy atom. The van der Waals surface area contributed by atoms with E-state index in [1.165, 1.54) is 16.4 Å². The topological polar surface area (TPSA) is 52.0 Å². The number of rotatable bonds is 3. The molecular formula is C10H7BrN2O2S. The zero-order chi connectivity index (χ0) is 11.5. The van der Waals surface area contributed by atoms with Crippen molar-refractivity contribution in [2.45, 2.75) is 4.90 Å². The van der Waals surface area contributed by atoms with Crippen LogP contribution in [0.4, 0.5) is 0 Å². The van der Waals surface area contributed by atoms with Crippen molar-refractivity contribution < 1.29 is 9.00 Å². The molecule has 16 heavy (non-hydrogen) atoms. The number of aldehydes is 1. The lowest BCUT2D eigenvalue weighted by atomic mass is 10.4. The van der Waals surface area contributed by atoms with Gasteiger partial charge in [-0.2, -0.15) is 0 Å². The lowest BCUT2D eigenvalue weighted by Crippen LogP contribution is -2.03. The molecule has 2 rings (SSSR count). The van der Waals surface area contributed by atoms with Gasteiger partial charge in [0.15, 0.2) is 17.3 Å². The van der Waals surface area contributed by atoms with Gasteiger partial charge in [-0.15, -0.1) is 0 Å². The third-order valence-electron chi connectivity index (χ3n) is 1.91. The van der Waals surface area contributed by atoms with E-state index < -0.39 is 11.0 Å². The normalized spacial score (nSPS) is 12.3. The number of pyridine rings is 1. The summed E-state index contributed by atoms with van der Waals surface area (Å²) in [6.45, 7) is 0. The summed E-state index contributed by atoms with van der Waals surface area (Å²) < 4.78 is 14.2. The van der Waals surface area contributed by atoms with Gasteiger partial charge in [0, 0.05) is 24.2 Å². The zero-order valence-corrected chi connectivity index (χ0v) is 10.4. The van der Waals surface area contributed by atoms with Crippen LogP contribution in [0, 0.1) is 0 Å². The molecule has 6 heteroatoms. The standard InChI is InChI=1S/C10H7BrN2O2S/c11-10-4-8(7-14)6-13(10)16(15)9-2-1-3-12-5-9/h1-7H. The van der Waals surface area contributed by atoms with Gasteiger partial charge in [-0.1, -0.05) is 0 Å². The number of nitrogens with zero attached hydrogens (tertiary/aromatic N) is 2. The molecule has 1 unspecified atom stereocenters. The minimum Gasteiger partial charge on any atom is -0.298 e. The molecule has 2 aromatic heterocycles. The van der Waals surface area contributed by atoms with Gasteiger partial charge in [0.2, 0.25) is 0 Å². The summed E-state index contributed by atoms with van der Waals surface area (Å²) in [4.78, 5) is 15.1. The van der Waals surface area contributed by atoms with Crippen molar-refractivity contribution in [3.05, 3.63) is 47.0 Å². The summed E-state index contributed by atoms with van der Waals surface area (Å²) in [5.74, 6) is 0. The summed E-state index contributed by atoms with van der Waals surface area (Å²) >= 11 is 3.25. The fraction of sp³-hybridized carbons (Fsp3) is 0. The third kappa shape index (κ3) is 2.12. The monoisotopic (exact) mass is 298 g/mol. The Morgan fingerprint density at radius 3 is 2.88 bits per heavy atom. The van der Waals surface area contributed by atoms with Gasteiger partial charge in [0.1, 0.15) is 0 Å². The van der Waals surface area contributed by atoms with Crippen LogP contribution >= 0.6 is 15.9 Å². The highest BCUT2D eigenvalue weighted by atomic mass is 79.9. The van der Waals surface area contributed by atoms with Gasteiger partial charge in [-0.05, 0) is 34.1 Å². The highest BCUT2D eigenvalue weighted by Crippen LogP contribution is 2.18. The van der Waals surface area contributed by atoms with Gasteiger partial charge in [0.25, 0.3) is 0 Å². The average molecular weight is 299 g/mol. The van der Waals surface area contributed by atoms with Crippen LogP contribution in [-0.4, -0.2) is 19.5 Å². The van der Waals surface area contributed by atoms with Crippen LogP contribution in [0.5, 0.6) is 0 Å². The van der Waals surface area contributed by atoms with Crippen molar-refractivity contribution in [1.82, 2.24) is 8.96 Å². The van der Waals surface area contributed by atoms with Gasteiger partial charge < -0.3 is 0 Å². The van der Waals surface area contributed by atoms with E-state index in [-0.39, 0.29) is 0 Å². The molecule has 0 fully saturated rings. The Morgan fingerprint density at radius 1 is 1.50 bits per heavy atom. The number of aromatic nitrogens is 2. The molecule has 1 atom stereocenters. The minimum atomic E-state index is -1.39. The smallest absolute Gasteiger partial charge is 0.159 e. The molecule has 0 radical (unpaired) electrons. The fourth-order valence-electron chi connectivity index (χ4n) is 1.19. The van der Waals surface area contributed by atoms with Gasteiger partial charge >= 0.3 is 0 Å². The highest BCUT2D eigenvalue weighted by Gasteiger charge is 2.11. The number of hydrogen-bond acceptors (Lipinski definition) is 3. The SMILES string of the molecule is O=Cc1cc(Br)n(S(=O)c2cccnc2)c1. The molecule has 0 saturated heterocycles. The number of hydrogen-bond donors (Lipinski definition) is 0. The Hall–Kier alpha value is -1.27. The first-order valence-corrected chi connectivity index (χ1v) is 6.27. The van der Waals surface area contributed by atoms with E-state index in [1.54, 1.807) is 24.4 Å². The Labute approximate surface area is 103 Å². The maximum Gasteiger partial charge on any atom is 0.159 e. The quantitative estimate of drug-likeness (QED) is 0.815. The molecule has 0 aliphatic carbocycles. The summed E-state index contributed by atoms with van der Waals surface area (Å²) in [6, 6.07) is 5.04. The first-order chi connectivity index (χ1) is 7.72. The van der Waals surface area contributed by atoms with E-state index in [2.05, 4.69) is 20.9 Å². The summed E-state index contributed by atoms with van der Waals surface area (Å²) in [6.07, 6.45) is 5.38. The van der Waals surface area contributed by atoms with Crippen molar-refractivity contribution >= 4 is 33.2 Å². The lowest BCUT2D eigenvalue weighted by molar-refractivity contribution is 0.112. The van der Waals surface area contributed by atoms with Crippen LogP contribution in [0.2, 0.25) is 0 Å². The predicted octanol–water partition coefficient (Wildman–Crippen LogP) is 2.03. The van der Waals surface area contributed by atoms with Crippen molar-refractivity contribution in [3.63, 3.8) is 0 Å². The van der Waals surface area contributed by atoms with Crippen LogP contribution in [0.1, 0.15) is 10.4 Å². The van der Waals surface area contributed by atoms with E-state index in [0.717, 1.165) is 0 Å². The van der Waals surface area contributed by atoms with Crippen LogP contribution in [-0.2, 0) is 11.0 Å². The van der Waals surface area contributed by atoms with Crippen LogP contribution in [0.3, 0.4) is 0 Å². The molecule has 0 aliphatic heterocycles. The molecule has 0 saturated carbocycles. The second-order valence-corrected chi connectivity index (χ2v) is 5.15. The van der Waals surface area contributed by atoms with Gasteiger partial charge in [-0.3, -0.25) is 13.8 Å². The number of carbonyl (C=O) groups is 1. The van der Waals surface area contributed by atoms with E-state index in [9.17, 15) is 9.00 Å². The number of halogens is 1. The molecule has 0 amide bonds. The molecule has 4 nitrogen and oxygen atoms in total. The van der Waals surface area contributed by atoms with Crippen molar-refractivity contribution in [2.24, 2.45) is 0 Å². The second kappa shape index (κ2) is 4.71. The first kappa shape index (κ1) is 11.2. The van der Waals surface area contributed by atoms with Gasteiger partial charge in [-0.25, -0.2) is 4.21 Å². The van der Waals surface area contributed by atoms with Crippen molar-refractivity contribution in [3.8, 4) is 0 Å². The average Bonchev–Trinajstić information content (AvgIpc) is 2.71. The second-order valence-electron chi connectivity index (χ2n) is 2.98. The van der Waals surface area contributed by atoms with Gasteiger partial charge in [0.05, 0.1) is 9.50 Å². The molecule has 0 aromatic carbocycles. The molecule has 2 aromatic rings. The maximum atomic E-state index is 12.1. The molecule has 0 bridgehead atoms. The third-order valence-corrected chi connectivity index (χ3v) is 4.06. The Balaban J connectivity index is 2.41. The summed E-state index contributed by atoms with van der Waals surface area (Å²) in [5, 5.41) is 0. The van der Waals surface area contributed by atoms with Crippen molar-refractivity contribution in [2.75, 3.05) is 0 Å². The molecule has 0 spiro atoms. The zero-order valence-electron chi connectivity index (χ0n) is 8.04. The molecular weight excluding hydrogens is 292 g/mol. The molecule has 0 N–H and O–H groups in total. The highest BCUT2D eigenvalue weighted by molar-refractivity contribution is 9.10. The van der Waals surface area contributed by atoms with E-state index >= 15 is 0 Å².